The molecular formula is C8H7BrN2S. The Morgan fingerprint density at radius 1 is 1.58 bits per heavy atom. The summed E-state index contributed by atoms with van der Waals surface area (Å²) in [6.07, 6.45) is 1.80. The minimum absolute atomic E-state index is 0.504. The normalized spacial score (nSPS) is 10.8. The van der Waals surface area contributed by atoms with E-state index in [-0.39, 0.29) is 0 Å². The van der Waals surface area contributed by atoms with Gasteiger partial charge in [-0.05, 0) is 33.4 Å². The van der Waals surface area contributed by atoms with Crippen LogP contribution >= 0.6 is 27.3 Å². The minimum Gasteiger partial charge on any atom is -0.325 e. The molecule has 2 nitrogen and oxygen atoms in total. The van der Waals surface area contributed by atoms with Crippen molar-refractivity contribution in [2.75, 3.05) is 0 Å². The third kappa shape index (κ3) is 1.26. The summed E-state index contributed by atoms with van der Waals surface area (Å²) in [6, 6.07) is 4.08. The van der Waals surface area contributed by atoms with Crippen molar-refractivity contribution in [2.24, 2.45) is 5.73 Å². The van der Waals surface area contributed by atoms with Crippen molar-refractivity contribution in [1.82, 2.24) is 4.98 Å². The summed E-state index contributed by atoms with van der Waals surface area (Å²) in [5.41, 5.74) is 6.53. The van der Waals surface area contributed by atoms with Gasteiger partial charge in [0, 0.05) is 12.7 Å². The number of fused-ring (bicyclic) bond motifs is 1. The Labute approximate surface area is 82.5 Å². The van der Waals surface area contributed by atoms with E-state index in [1.165, 1.54) is 10.1 Å². The van der Waals surface area contributed by atoms with Crippen molar-refractivity contribution in [2.45, 2.75) is 6.54 Å². The fourth-order valence-electron chi connectivity index (χ4n) is 1.13. The van der Waals surface area contributed by atoms with E-state index in [0.29, 0.717) is 6.54 Å². The molecule has 0 aliphatic carbocycles. The van der Waals surface area contributed by atoms with Gasteiger partial charge in [-0.25, -0.2) is 0 Å². The number of aromatic nitrogens is 1. The number of pyridine rings is 1. The number of nitrogens with two attached hydrogens (primary N) is 1. The van der Waals surface area contributed by atoms with E-state index in [2.05, 4.69) is 27.0 Å². The van der Waals surface area contributed by atoms with Gasteiger partial charge >= 0.3 is 0 Å². The van der Waals surface area contributed by atoms with Crippen LogP contribution in [0.5, 0.6) is 0 Å². The van der Waals surface area contributed by atoms with Gasteiger partial charge in [-0.1, -0.05) is 0 Å². The number of hydrogen-bond donors (Lipinski definition) is 1. The molecule has 62 valence electrons. The van der Waals surface area contributed by atoms with Crippen LogP contribution in [-0.2, 0) is 6.54 Å². The highest BCUT2D eigenvalue weighted by Crippen LogP contribution is 2.30. The van der Waals surface area contributed by atoms with E-state index in [1.807, 2.05) is 6.07 Å². The molecular weight excluding hydrogens is 236 g/mol. The van der Waals surface area contributed by atoms with Gasteiger partial charge in [0.25, 0.3) is 0 Å². The van der Waals surface area contributed by atoms with Gasteiger partial charge in [0.05, 0.1) is 14.2 Å². The third-order valence-electron chi connectivity index (χ3n) is 1.67. The maximum Gasteiger partial charge on any atom is 0.0717 e. The molecule has 0 aliphatic rings. The zero-order valence-corrected chi connectivity index (χ0v) is 8.65. The molecule has 12 heavy (non-hydrogen) atoms. The molecule has 2 aromatic rings. The first kappa shape index (κ1) is 8.16. The molecule has 0 aliphatic heterocycles. The van der Waals surface area contributed by atoms with Crippen LogP contribution in [0.15, 0.2) is 22.1 Å². The van der Waals surface area contributed by atoms with Gasteiger partial charge in [0.2, 0.25) is 0 Å². The first-order chi connectivity index (χ1) is 5.81. The summed E-state index contributed by atoms with van der Waals surface area (Å²) >= 11 is 5.12. The largest absolute Gasteiger partial charge is 0.325 e. The number of nitrogens with zero attached hydrogens (tertiary/aromatic N) is 1. The summed E-state index contributed by atoms with van der Waals surface area (Å²) in [6.45, 7) is 0.504. The van der Waals surface area contributed by atoms with Gasteiger partial charge in [-0.3, -0.25) is 4.98 Å². The molecule has 0 saturated heterocycles. The first-order valence-electron chi connectivity index (χ1n) is 3.54. The molecule has 4 heteroatoms. The monoisotopic (exact) mass is 242 g/mol. The lowest BCUT2D eigenvalue weighted by molar-refractivity contribution is 1.01. The minimum atomic E-state index is 0.504. The van der Waals surface area contributed by atoms with Crippen LogP contribution in [0.25, 0.3) is 10.1 Å². The zero-order valence-electron chi connectivity index (χ0n) is 6.25. The summed E-state index contributed by atoms with van der Waals surface area (Å²) < 4.78 is 2.31. The van der Waals surface area contributed by atoms with Crippen LogP contribution in [0.1, 0.15) is 5.69 Å². The Kier molecular flexibility index (Phi) is 2.12. The Morgan fingerprint density at radius 2 is 2.42 bits per heavy atom. The fourth-order valence-corrected chi connectivity index (χ4v) is 2.75. The summed E-state index contributed by atoms with van der Waals surface area (Å²) in [5, 5.41) is 1.21. The van der Waals surface area contributed by atoms with Crippen LogP contribution in [0.2, 0.25) is 0 Å². The van der Waals surface area contributed by atoms with Gasteiger partial charge < -0.3 is 5.73 Å². The molecule has 0 unspecified atom stereocenters. The Balaban J connectivity index is 2.78. The average Bonchev–Trinajstić information content (AvgIpc) is 2.44. The summed E-state index contributed by atoms with van der Waals surface area (Å²) in [4.78, 5) is 4.20. The van der Waals surface area contributed by atoms with Crippen LogP contribution in [0.4, 0.5) is 0 Å². The number of hydrogen-bond acceptors (Lipinski definition) is 3. The van der Waals surface area contributed by atoms with Crippen molar-refractivity contribution < 1.29 is 0 Å². The van der Waals surface area contributed by atoms with E-state index >= 15 is 0 Å². The van der Waals surface area contributed by atoms with Crippen molar-refractivity contribution in [3.05, 3.63) is 27.8 Å². The highest BCUT2D eigenvalue weighted by Gasteiger charge is 2.03. The number of halogens is 1. The lowest BCUT2D eigenvalue weighted by Gasteiger charge is -1.95. The number of rotatable bonds is 1. The molecule has 0 saturated carbocycles. The lowest BCUT2D eigenvalue weighted by atomic mass is 10.3. The highest BCUT2D eigenvalue weighted by atomic mass is 79.9. The van der Waals surface area contributed by atoms with E-state index < -0.39 is 0 Å². The van der Waals surface area contributed by atoms with E-state index in [4.69, 9.17) is 5.73 Å². The third-order valence-corrected chi connectivity index (χ3v) is 3.37. The van der Waals surface area contributed by atoms with Crippen molar-refractivity contribution in [3.8, 4) is 0 Å². The second-order valence-electron chi connectivity index (χ2n) is 2.43. The van der Waals surface area contributed by atoms with Crippen molar-refractivity contribution >= 4 is 37.4 Å². The standard InChI is InChI=1S/C8H7BrN2S/c9-7-3-5-1-2-11-6(4-10)8(5)12-7/h1-3H,4,10H2. The maximum atomic E-state index is 5.55. The van der Waals surface area contributed by atoms with Gasteiger partial charge in [0.15, 0.2) is 0 Å². The molecule has 2 heterocycles. The van der Waals surface area contributed by atoms with E-state index in [1.54, 1.807) is 17.5 Å². The molecule has 2 N–H and O–H groups in total. The molecule has 0 spiro atoms. The molecule has 2 rings (SSSR count). The van der Waals surface area contributed by atoms with E-state index in [9.17, 15) is 0 Å². The molecule has 0 atom stereocenters. The Hall–Kier alpha value is -0.450. The zero-order chi connectivity index (χ0) is 8.55. The highest BCUT2D eigenvalue weighted by molar-refractivity contribution is 9.11. The maximum absolute atomic E-state index is 5.55. The van der Waals surface area contributed by atoms with Gasteiger partial charge in [-0.2, -0.15) is 0 Å². The molecule has 0 fully saturated rings. The predicted molar refractivity (Wildman–Crippen MR) is 55.2 cm³/mol. The van der Waals surface area contributed by atoms with Crippen molar-refractivity contribution in [1.29, 1.82) is 0 Å². The first-order valence-corrected chi connectivity index (χ1v) is 5.15. The van der Waals surface area contributed by atoms with E-state index in [0.717, 1.165) is 9.48 Å². The summed E-state index contributed by atoms with van der Waals surface area (Å²) in [7, 11) is 0. The molecule has 0 amide bonds. The van der Waals surface area contributed by atoms with Gasteiger partial charge in [-0.15, -0.1) is 11.3 Å². The second kappa shape index (κ2) is 3.12. The smallest absolute Gasteiger partial charge is 0.0717 e. The SMILES string of the molecule is NCc1nccc2cc(Br)sc12. The molecule has 0 bridgehead atoms. The molecule has 0 aromatic carbocycles. The van der Waals surface area contributed by atoms with Gasteiger partial charge in [0.1, 0.15) is 0 Å². The quantitative estimate of drug-likeness (QED) is 0.835. The molecule has 0 radical (unpaired) electrons. The average molecular weight is 243 g/mol. The summed E-state index contributed by atoms with van der Waals surface area (Å²) in [5.74, 6) is 0. The van der Waals surface area contributed by atoms with Crippen LogP contribution in [0.3, 0.4) is 0 Å². The number of thiophene rings is 1. The van der Waals surface area contributed by atoms with Crippen molar-refractivity contribution in [3.63, 3.8) is 0 Å². The fraction of sp³-hybridized carbons (Fsp3) is 0.125. The Morgan fingerprint density at radius 3 is 3.17 bits per heavy atom. The second-order valence-corrected chi connectivity index (χ2v) is 4.86. The van der Waals surface area contributed by atoms with Crippen LogP contribution in [0, 0.1) is 0 Å². The van der Waals surface area contributed by atoms with Crippen LogP contribution in [-0.4, -0.2) is 4.98 Å². The molecule has 2 aromatic heterocycles. The predicted octanol–water partition coefficient (Wildman–Crippen LogP) is 2.52. The van der Waals surface area contributed by atoms with Crippen LogP contribution < -0.4 is 5.73 Å². The Bertz CT molecular complexity index is 410. The topological polar surface area (TPSA) is 38.9 Å². The lowest BCUT2D eigenvalue weighted by Crippen LogP contribution is -1.98.